The van der Waals surface area contributed by atoms with Crippen LogP contribution in [0.25, 0.3) is 0 Å². The lowest BCUT2D eigenvalue weighted by atomic mass is 9.88. The first-order valence-corrected chi connectivity index (χ1v) is 7.00. The zero-order chi connectivity index (χ0) is 14.4. The molecule has 5 heteroatoms. The van der Waals surface area contributed by atoms with Crippen LogP contribution in [0.2, 0.25) is 0 Å². The van der Waals surface area contributed by atoms with Crippen LogP contribution in [0.5, 0.6) is 0 Å². The summed E-state index contributed by atoms with van der Waals surface area (Å²) in [5.41, 5.74) is 6.98. The number of amides is 1. The van der Waals surface area contributed by atoms with Crippen LogP contribution in [0.1, 0.15) is 40.0 Å². The molecule has 0 radical (unpaired) electrons. The maximum absolute atomic E-state index is 11.3. The number of hydrogen-bond acceptors (Lipinski definition) is 4. The molecule has 4 N–H and O–H groups in total. The molecule has 19 heavy (non-hydrogen) atoms. The highest BCUT2D eigenvalue weighted by Crippen LogP contribution is 2.22. The maximum atomic E-state index is 11.3. The summed E-state index contributed by atoms with van der Waals surface area (Å²) in [4.78, 5) is 11.3. The van der Waals surface area contributed by atoms with Crippen LogP contribution in [-0.4, -0.2) is 41.9 Å². The monoisotopic (exact) mass is 270 g/mol. The van der Waals surface area contributed by atoms with Crippen molar-refractivity contribution in [3.63, 3.8) is 0 Å². The summed E-state index contributed by atoms with van der Waals surface area (Å²) in [7, 11) is 0. The summed E-state index contributed by atoms with van der Waals surface area (Å²) in [6, 6.07) is -0.455. The summed E-state index contributed by atoms with van der Waals surface area (Å²) >= 11 is 0. The predicted octanol–water partition coefficient (Wildman–Crippen LogP) is 0.715. The van der Waals surface area contributed by atoms with Crippen molar-refractivity contribution in [2.45, 2.75) is 64.3 Å². The fourth-order valence-corrected chi connectivity index (χ4v) is 2.45. The smallest absolute Gasteiger partial charge is 0.217 e. The molecule has 0 saturated heterocycles. The average molecular weight is 270 g/mol. The van der Waals surface area contributed by atoms with Crippen molar-refractivity contribution < 1.29 is 14.6 Å². The Morgan fingerprint density at radius 3 is 2.68 bits per heavy atom. The Morgan fingerprint density at radius 2 is 2.21 bits per heavy atom. The van der Waals surface area contributed by atoms with Crippen LogP contribution in [0.15, 0.2) is 11.6 Å². The topological polar surface area (TPSA) is 84.6 Å². The third-order valence-corrected chi connectivity index (χ3v) is 3.55. The van der Waals surface area contributed by atoms with Gasteiger partial charge in [-0.15, -0.1) is 0 Å². The fourth-order valence-electron chi connectivity index (χ4n) is 2.45. The molecule has 0 aliphatic heterocycles. The van der Waals surface area contributed by atoms with Gasteiger partial charge in [-0.25, -0.2) is 0 Å². The Labute approximate surface area is 115 Å². The van der Waals surface area contributed by atoms with Crippen molar-refractivity contribution in [2.24, 2.45) is 5.73 Å². The number of nitrogens with one attached hydrogen (secondary N) is 1. The zero-order valence-corrected chi connectivity index (χ0v) is 12.1. The number of carbonyl (C=O) groups is 1. The normalized spacial score (nSPS) is 27.3. The van der Waals surface area contributed by atoms with E-state index in [0.29, 0.717) is 6.42 Å². The van der Waals surface area contributed by atoms with E-state index in [1.54, 1.807) is 0 Å². The van der Waals surface area contributed by atoms with Gasteiger partial charge in [-0.1, -0.05) is 19.9 Å². The molecule has 3 atom stereocenters. The van der Waals surface area contributed by atoms with Crippen molar-refractivity contribution >= 4 is 5.91 Å². The van der Waals surface area contributed by atoms with Crippen molar-refractivity contribution in [3.8, 4) is 0 Å². The lowest BCUT2D eigenvalue weighted by Crippen LogP contribution is -2.56. The average Bonchev–Trinajstić information content (AvgIpc) is 2.38. The van der Waals surface area contributed by atoms with Gasteiger partial charge in [-0.3, -0.25) is 4.79 Å². The number of ether oxygens (including phenoxy) is 1. The number of rotatable bonds is 6. The Hall–Kier alpha value is -0.910. The van der Waals surface area contributed by atoms with Gasteiger partial charge in [-0.05, 0) is 24.8 Å². The minimum Gasteiger partial charge on any atom is -0.392 e. The molecule has 0 aromatic rings. The van der Waals surface area contributed by atoms with E-state index in [0.717, 1.165) is 18.4 Å². The molecule has 5 nitrogen and oxygen atoms in total. The molecule has 1 amide bonds. The zero-order valence-electron chi connectivity index (χ0n) is 12.1. The summed E-state index contributed by atoms with van der Waals surface area (Å²) in [5.74, 6) is -0.112. The Bertz CT molecular complexity index is 327. The third kappa shape index (κ3) is 4.60. The second-order valence-electron chi connectivity index (χ2n) is 5.12. The predicted molar refractivity (Wildman–Crippen MR) is 74.6 cm³/mol. The van der Waals surface area contributed by atoms with E-state index < -0.39 is 0 Å². The lowest BCUT2D eigenvalue weighted by Gasteiger charge is -2.36. The highest BCUT2D eigenvalue weighted by atomic mass is 16.5. The van der Waals surface area contributed by atoms with Crippen molar-refractivity contribution in [2.75, 3.05) is 6.61 Å². The molecule has 0 fully saturated rings. The van der Waals surface area contributed by atoms with E-state index in [1.165, 1.54) is 6.92 Å². The van der Waals surface area contributed by atoms with Gasteiger partial charge in [0.2, 0.25) is 5.91 Å². The van der Waals surface area contributed by atoms with Crippen molar-refractivity contribution in [1.29, 1.82) is 0 Å². The molecule has 0 heterocycles. The molecule has 0 spiro atoms. The quantitative estimate of drug-likeness (QED) is 0.621. The van der Waals surface area contributed by atoms with Crippen LogP contribution in [0.4, 0.5) is 0 Å². The molecule has 110 valence electrons. The first-order valence-electron chi connectivity index (χ1n) is 7.00. The Kier molecular flexibility index (Phi) is 6.48. The second-order valence-corrected chi connectivity index (χ2v) is 5.12. The molecule has 0 bridgehead atoms. The van der Waals surface area contributed by atoms with E-state index in [4.69, 9.17) is 10.5 Å². The molecule has 1 aliphatic carbocycles. The van der Waals surface area contributed by atoms with Gasteiger partial charge >= 0.3 is 0 Å². The molecule has 0 aromatic heterocycles. The van der Waals surface area contributed by atoms with E-state index in [2.05, 4.69) is 19.2 Å². The summed E-state index contributed by atoms with van der Waals surface area (Å²) in [5, 5.41) is 12.1. The van der Waals surface area contributed by atoms with Crippen LogP contribution in [0.3, 0.4) is 0 Å². The molecule has 0 aromatic carbocycles. The van der Waals surface area contributed by atoms with Crippen LogP contribution >= 0.6 is 0 Å². The first kappa shape index (κ1) is 16.1. The number of aliphatic hydroxyl groups excluding tert-OH is 1. The molecule has 1 aliphatic rings. The van der Waals surface area contributed by atoms with E-state index in [9.17, 15) is 9.90 Å². The van der Waals surface area contributed by atoms with E-state index in [-0.39, 0.29) is 36.8 Å². The van der Waals surface area contributed by atoms with E-state index in [1.807, 2.05) is 6.08 Å². The minimum atomic E-state index is -0.264. The summed E-state index contributed by atoms with van der Waals surface area (Å²) < 4.78 is 6.02. The van der Waals surface area contributed by atoms with Crippen LogP contribution < -0.4 is 11.1 Å². The van der Waals surface area contributed by atoms with Gasteiger partial charge in [0.15, 0.2) is 0 Å². The number of nitrogens with two attached hydrogens (primary N) is 1. The Balaban J connectivity index is 2.85. The largest absolute Gasteiger partial charge is 0.392 e. The number of carbonyl (C=O) groups excluding carboxylic acids is 1. The first-order chi connectivity index (χ1) is 9.01. The van der Waals surface area contributed by atoms with Crippen molar-refractivity contribution in [3.05, 3.63) is 11.6 Å². The fraction of sp³-hybridized carbons (Fsp3) is 0.786. The van der Waals surface area contributed by atoms with Gasteiger partial charge in [0.25, 0.3) is 0 Å². The molecular weight excluding hydrogens is 244 g/mol. The highest BCUT2D eigenvalue weighted by molar-refractivity contribution is 5.73. The summed E-state index contributed by atoms with van der Waals surface area (Å²) in [6.45, 7) is 5.61. The number of hydrogen-bond donors (Lipinski definition) is 3. The Morgan fingerprint density at radius 1 is 1.58 bits per heavy atom. The van der Waals surface area contributed by atoms with Crippen molar-refractivity contribution in [1.82, 2.24) is 5.32 Å². The number of aliphatic hydroxyl groups is 1. The van der Waals surface area contributed by atoms with Gasteiger partial charge in [0.05, 0.1) is 24.9 Å². The van der Waals surface area contributed by atoms with Gasteiger partial charge < -0.3 is 20.9 Å². The van der Waals surface area contributed by atoms with Gasteiger partial charge in [0.1, 0.15) is 0 Å². The van der Waals surface area contributed by atoms with Crippen LogP contribution in [0, 0.1) is 0 Å². The molecular formula is C14H26N2O3. The van der Waals surface area contributed by atoms with Crippen LogP contribution in [-0.2, 0) is 9.53 Å². The lowest BCUT2D eigenvalue weighted by molar-refractivity contribution is -0.121. The highest BCUT2D eigenvalue weighted by Gasteiger charge is 2.33. The van der Waals surface area contributed by atoms with Gasteiger partial charge in [0, 0.05) is 13.0 Å². The molecule has 0 saturated carbocycles. The van der Waals surface area contributed by atoms with E-state index >= 15 is 0 Å². The second kappa shape index (κ2) is 7.62. The third-order valence-electron chi connectivity index (χ3n) is 3.55. The maximum Gasteiger partial charge on any atom is 0.217 e. The molecule has 1 rings (SSSR count). The standard InChI is InChI=1S/C14H26N2O3/c1-4-11(5-2)19-13-7-10(8-17)6-12(15)14(13)16-9(3)18/h7,11-14,17H,4-6,8,15H2,1-3H3,(H,16,18)/t12-,13+,14+/m0/s1. The van der Waals surface area contributed by atoms with Gasteiger partial charge in [-0.2, -0.15) is 0 Å². The summed E-state index contributed by atoms with van der Waals surface area (Å²) in [6.07, 6.45) is 4.20. The molecule has 0 unspecified atom stereocenters. The SMILES string of the molecule is CCC(CC)O[C@@H]1C=C(CO)C[C@H](N)[C@H]1NC(C)=O. The minimum absolute atomic E-state index is 0.0106.